The number of ether oxygens (including phenoxy) is 12. The minimum atomic E-state index is -1.93. The molecule has 0 radical (unpaired) electrons. The van der Waals surface area contributed by atoms with Crippen LogP contribution in [0.15, 0.2) is 137 Å². The van der Waals surface area contributed by atoms with Crippen LogP contribution in [0.2, 0.25) is 0 Å². The standard InChI is InChI=1S/C58H52O22/c1-29-46(72-33(5)61)50(73-34(6)62)52(74-35(7)63)57(68-29)75-41-27-42(71-32(4)60)44-43(28-41)76-48(36-23-25-40(26-24-36)70-31(3)59)49(45(44)64)80-58-53(79-56(67)39-21-15-10-16-22-39)51(78-55(66)38-19-13-9-14-20-38)47(30(2)69-58)77-54(65)37-17-11-8-12-18-37/h8-30,46-47,50-53,57-58H,1-7H3/t29-,30-,46-,47-,50+,51+,52+,53+,57-,58-/m0/s1. The van der Waals surface area contributed by atoms with Crippen molar-refractivity contribution in [2.75, 3.05) is 0 Å². The molecule has 0 amide bonds. The first-order valence-electron chi connectivity index (χ1n) is 24.8. The van der Waals surface area contributed by atoms with Crippen molar-refractivity contribution in [3.63, 3.8) is 0 Å². The van der Waals surface area contributed by atoms with Gasteiger partial charge in [-0.1, -0.05) is 54.6 Å². The zero-order valence-electron chi connectivity index (χ0n) is 43.9. The zero-order chi connectivity index (χ0) is 57.4. The third-order valence-electron chi connectivity index (χ3n) is 12.1. The Morgan fingerprint density at radius 1 is 0.425 bits per heavy atom. The maximum Gasteiger partial charge on any atom is 0.338 e. The Kier molecular flexibility index (Phi) is 17.7. The number of rotatable bonds is 16. The summed E-state index contributed by atoms with van der Waals surface area (Å²) in [5, 5.41) is -0.451. The third-order valence-corrected chi connectivity index (χ3v) is 12.1. The van der Waals surface area contributed by atoms with E-state index in [0.29, 0.717) is 0 Å². The van der Waals surface area contributed by atoms with Gasteiger partial charge in [0.15, 0.2) is 30.2 Å². The van der Waals surface area contributed by atoms with Gasteiger partial charge in [0.1, 0.15) is 28.2 Å². The van der Waals surface area contributed by atoms with Crippen LogP contribution in [0, 0.1) is 0 Å². The van der Waals surface area contributed by atoms with Gasteiger partial charge in [0.2, 0.25) is 36.0 Å². The lowest BCUT2D eigenvalue weighted by Crippen LogP contribution is -2.62. The van der Waals surface area contributed by atoms with Gasteiger partial charge < -0.3 is 61.3 Å². The molecule has 0 saturated carbocycles. The van der Waals surface area contributed by atoms with Crippen molar-refractivity contribution >= 4 is 58.7 Å². The molecule has 0 bridgehead atoms. The van der Waals surface area contributed by atoms with Crippen LogP contribution >= 0.6 is 0 Å². The quantitative estimate of drug-likeness (QED) is 0.0534. The van der Waals surface area contributed by atoms with Crippen LogP contribution in [0.1, 0.15) is 79.5 Å². The summed E-state index contributed by atoms with van der Waals surface area (Å²) in [6.07, 6.45) is -15.4. The molecule has 3 heterocycles. The maximum atomic E-state index is 15.5. The van der Waals surface area contributed by atoms with Crippen LogP contribution in [0.5, 0.6) is 23.0 Å². The summed E-state index contributed by atoms with van der Waals surface area (Å²) in [5.74, 6) is -8.56. The smallest absolute Gasteiger partial charge is 0.338 e. The van der Waals surface area contributed by atoms with E-state index in [-0.39, 0.29) is 45.1 Å². The van der Waals surface area contributed by atoms with E-state index in [1.54, 1.807) is 54.6 Å². The van der Waals surface area contributed by atoms with Crippen LogP contribution in [0.25, 0.3) is 22.3 Å². The van der Waals surface area contributed by atoms with Crippen molar-refractivity contribution in [2.24, 2.45) is 0 Å². The molecule has 1 aromatic heterocycles. The molecule has 0 spiro atoms. The summed E-state index contributed by atoms with van der Waals surface area (Å²) in [6, 6.07) is 31.2. The van der Waals surface area contributed by atoms with Crippen LogP contribution in [-0.2, 0) is 61.9 Å². The van der Waals surface area contributed by atoms with Gasteiger partial charge in [-0.3, -0.25) is 28.8 Å². The molecule has 22 nitrogen and oxygen atoms in total. The number of hydrogen-bond donors (Lipinski definition) is 0. The van der Waals surface area contributed by atoms with E-state index in [4.69, 9.17) is 61.3 Å². The largest absolute Gasteiger partial charge is 0.460 e. The molecule has 0 unspecified atom stereocenters. The molecule has 10 atom stereocenters. The van der Waals surface area contributed by atoms with Gasteiger partial charge in [0, 0.05) is 52.3 Å². The van der Waals surface area contributed by atoms with Crippen molar-refractivity contribution < 1.29 is 99.6 Å². The summed E-state index contributed by atoms with van der Waals surface area (Å²) >= 11 is 0. The topological polar surface area (TPSA) is 278 Å². The van der Waals surface area contributed by atoms with Gasteiger partial charge in [-0.05, 0) is 74.5 Å². The summed E-state index contributed by atoms with van der Waals surface area (Å²) < 4.78 is 77.5. The molecule has 2 saturated heterocycles. The Bertz CT molecular complexity index is 3340. The van der Waals surface area contributed by atoms with Crippen LogP contribution < -0.4 is 24.4 Å². The molecule has 0 aliphatic carbocycles. The van der Waals surface area contributed by atoms with Gasteiger partial charge in [0.25, 0.3) is 0 Å². The summed E-state index contributed by atoms with van der Waals surface area (Å²) in [5.41, 5.74) is -1.11. The second-order valence-electron chi connectivity index (χ2n) is 18.2. The lowest BCUT2D eigenvalue weighted by molar-refractivity contribution is -0.280. The number of hydrogen-bond acceptors (Lipinski definition) is 22. The molecule has 2 fully saturated rings. The average Bonchev–Trinajstić information content (AvgIpc) is 3.50. The fraction of sp³-hybridized carbons (Fsp3) is 0.293. The SMILES string of the molecule is CC(=O)Oc1ccc(-c2oc3cc(O[C@@H]4O[C@@H](C)[C@H](OC(C)=O)[C@@H](OC(C)=O)[C@H]4OC(C)=O)cc(OC(C)=O)c3c(=O)c2O[C@@H]2O[C@@H](C)[C@H](OC(=O)c3ccccc3)[C@@H](OC(=O)c3ccccc3)[C@H]2OC(=O)c2ccccc2)cc1. The highest BCUT2D eigenvalue weighted by Crippen LogP contribution is 2.41. The maximum absolute atomic E-state index is 15.5. The highest BCUT2D eigenvalue weighted by atomic mass is 16.7. The Hall–Kier alpha value is -9.41. The Balaban J connectivity index is 1.29. The molecule has 22 heteroatoms. The summed E-state index contributed by atoms with van der Waals surface area (Å²) in [4.78, 5) is 120. The molecule has 2 aliphatic rings. The van der Waals surface area contributed by atoms with Crippen LogP contribution in [0.3, 0.4) is 0 Å². The van der Waals surface area contributed by atoms with Gasteiger partial charge >= 0.3 is 47.8 Å². The summed E-state index contributed by atoms with van der Waals surface area (Å²) in [7, 11) is 0. The predicted octanol–water partition coefficient (Wildman–Crippen LogP) is 7.03. The van der Waals surface area contributed by atoms with E-state index < -0.39 is 131 Å². The first kappa shape index (κ1) is 56.8. The number of fused-ring (bicyclic) bond motifs is 1. The highest BCUT2D eigenvalue weighted by Gasteiger charge is 2.54. The summed E-state index contributed by atoms with van der Waals surface area (Å²) in [6.45, 7) is 8.43. The second-order valence-corrected chi connectivity index (χ2v) is 18.2. The van der Waals surface area contributed by atoms with Crippen molar-refractivity contribution in [3.05, 3.63) is 154 Å². The van der Waals surface area contributed by atoms with Gasteiger partial charge in [-0.25, -0.2) is 14.4 Å². The molecule has 0 N–H and O–H groups in total. The molecule has 5 aromatic carbocycles. The first-order chi connectivity index (χ1) is 38.2. The predicted molar refractivity (Wildman–Crippen MR) is 274 cm³/mol. The zero-order valence-corrected chi connectivity index (χ0v) is 43.9. The molecular weight excluding hydrogens is 1050 g/mol. The third kappa shape index (κ3) is 13.5. The molecule has 8 rings (SSSR count). The van der Waals surface area contributed by atoms with Crippen molar-refractivity contribution in [3.8, 4) is 34.3 Å². The van der Waals surface area contributed by atoms with Gasteiger partial charge in [-0.2, -0.15) is 0 Å². The van der Waals surface area contributed by atoms with Crippen molar-refractivity contribution in [1.82, 2.24) is 0 Å². The molecule has 80 heavy (non-hydrogen) atoms. The van der Waals surface area contributed by atoms with Gasteiger partial charge in [-0.15, -0.1) is 0 Å². The molecular formula is C58H52O22. The number of esters is 8. The number of benzene rings is 5. The van der Waals surface area contributed by atoms with E-state index in [9.17, 15) is 38.4 Å². The molecule has 2 aliphatic heterocycles. The van der Waals surface area contributed by atoms with E-state index in [1.165, 1.54) is 87.5 Å². The Labute approximate surface area is 455 Å². The Morgan fingerprint density at radius 3 is 1.32 bits per heavy atom. The Morgan fingerprint density at radius 2 is 0.838 bits per heavy atom. The number of carbonyl (C=O) groups is 8. The average molecular weight is 1100 g/mol. The monoisotopic (exact) mass is 1100 g/mol. The normalized spacial score (nSPS) is 22.3. The van der Waals surface area contributed by atoms with E-state index in [2.05, 4.69) is 0 Å². The fourth-order valence-corrected chi connectivity index (χ4v) is 8.79. The molecule has 6 aromatic rings. The van der Waals surface area contributed by atoms with E-state index >= 15 is 4.79 Å². The highest BCUT2D eigenvalue weighted by molar-refractivity contribution is 5.92. The van der Waals surface area contributed by atoms with Gasteiger partial charge in [0.05, 0.1) is 28.9 Å². The van der Waals surface area contributed by atoms with Crippen LogP contribution in [-0.4, -0.2) is 109 Å². The second kappa shape index (κ2) is 24.9. The minimum absolute atomic E-state index is 0.0250. The van der Waals surface area contributed by atoms with Crippen molar-refractivity contribution in [2.45, 2.75) is 110 Å². The lowest BCUT2D eigenvalue weighted by atomic mass is 9.98. The van der Waals surface area contributed by atoms with E-state index in [1.807, 2.05) is 0 Å². The van der Waals surface area contributed by atoms with Crippen molar-refractivity contribution in [1.29, 1.82) is 0 Å². The first-order valence-corrected chi connectivity index (χ1v) is 24.8. The fourth-order valence-electron chi connectivity index (χ4n) is 8.79. The lowest BCUT2D eigenvalue weighted by Gasteiger charge is -2.43. The van der Waals surface area contributed by atoms with E-state index in [0.717, 1.165) is 33.8 Å². The number of carbonyl (C=O) groups excluding carboxylic acids is 8. The molecule has 416 valence electrons. The van der Waals surface area contributed by atoms with Crippen LogP contribution in [0.4, 0.5) is 0 Å². The minimum Gasteiger partial charge on any atom is -0.460 e.